The zero-order chi connectivity index (χ0) is 59.1. The molecule has 20 nitrogen and oxygen atoms in total. The molecule has 0 unspecified atom stereocenters. The van der Waals surface area contributed by atoms with Gasteiger partial charge in [0.25, 0.3) is 5.91 Å². The van der Waals surface area contributed by atoms with Crippen molar-refractivity contribution in [3.63, 3.8) is 0 Å². The van der Waals surface area contributed by atoms with Crippen molar-refractivity contribution in [3.8, 4) is 34.4 Å². The Labute approximate surface area is 490 Å². The first-order chi connectivity index (χ1) is 39.9. The number of likely N-dealkylation sites (N-methyl/N-ethyl adjacent to an activating group) is 1. The van der Waals surface area contributed by atoms with E-state index in [9.17, 15) is 24.0 Å². The van der Waals surface area contributed by atoms with Gasteiger partial charge >= 0.3 is 6.03 Å². The lowest BCUT2D eigenvalue weighted by atomic mass is 9.93. The number of nitrogens with two attached hydrogens (primary N) is 1. The smallest absolute Gasteiger partial charge is 0.326 e. The van der Waals surface area contributed by atoms with Gasteiger partial charge in [-0.05, 0) is 92.6 Å². The Hall–Kier alpha value is -8.29. The summed E-state index contributed by atoms with van der Waals surface area (Å²) in [6, 6.07) is 26.1. The molecule has 3 aliphatic rings. The molecule has 434 valence electrons. The highest BCUT2D eigenvalue weighted by Gasteiger charge is 2.46. The van der Waals surface area contributed by atoms with Gasteiger partial charge in [0.15, 0.2) is 17.3 Å². The van der Waals surface area contributed by atoms with E-state index < -0.39 is 35.9 Å². The number of rotatable bonds is 18. The number of urea groups is 1. The minimum atomic E-state index is -0.783. The number of amides is 5. The van der Waals surface area contributed by atoms with E-state index in [1.54, 1.807) is 90.0 Å². The van der Waals surface area contributed by atoms with Crippen molar-refractivity contribution in [2.75, 3.05) is 86.1 Å². The molecule has 9 rings (SSSR count). The third kappa shape index (κ3) is 13.5. The molecule has 0 saturated carbocycles. The van der Waals surface area contributed by atoms with Crippen molar-refractivity contribution in [3.05, 3.63) is 152 Å². The molecule has 6 aromatic rings. The number of hydrogen-bond donors (Lipinski definition) is 1. The molecule has 1 saturated heterocycles. The van der Waals surface area contributed by atoms with Crippen molar-refractivity contribution < 1.29 is 47.3 Å². The van der Waals surface area contributed by atoms with E-state index in [0.717, 1.165) is 11.1 Å². The minimum Gasteiger partial charge on any atom is -0.497 e. The molecule has 0 aliphatic carbocycles. The summed E-state index contributed by atoms with van der Waals surface area (Å²) in [5, 5.41) is 16.0. The van der Waals surface area contributed by atoms with Crippen LogP contribution < -0.4 is 19.9 Å². The quantitative estimate of drug-likeness (QED) is 0.0796. The molecule has 2 N–H and O–H groups in total. The zero-order valence-corrected chi connectivity index (χ0v) is 48.4. The number of amidine groups is 1. The lowest BCUT2D eigenvalue weighted by Crippen LogP contribution is -2.56. The van der Waals surface area contributed by atoms with Crippen molar-refractivity contribution in [1.82, 2.24) is 39.3 Å². The number of nitriles is 1. The topological polar surface area (TPSA) is 224 Å². The van der Waals surface area contributed by atoms with Crippen LogP contribution in [0.15, 0.2) is 102 Å². The number of aromatic nitrogens is 3. The van der Waals surface area contributed by atoms with E-state index in [-0.39, 0.29) is 119 Å². The highest BCUT2D eigenvalue weighted by atomic mass is 35.5. The third-order valence-corrected chi connectivity index (χ3v) is 15.0. The molecule has 5 amide bonds. The first-order valence-corrected chi connectivity index (χ1v) is 27.8. The lowest BCUT2D eigenvalue weighted by Gasteiger charge is -2.38. The van der Waals surface area contributed by atoms with Gasteiger partial charge in [0, 0.05) is 84.8 Å². The van der Waals surface area contributed by atoms with Gasteiger partial charge in [-0.25, -0.2) is 14.2 Å². The fourth-order valence-electron chi connectivity index (χ4n) is 10.2. The summed E-state index contributed by atoms with van der Waals surface area (Å²) in [6.07, 6.45) is 0.572. The number of pyridine rings is 1. The predicted octanol–water partition coefficient (Wildman–Crippen LogP) is 8.76. The van der Waals surface area contributed by atoms with Crippen LogP contribution >= 0.6 is 23.2 Å². The van der Waals surface area contributed by atoms with Crippen molar-refractivity contribution in [2.24, 2.45) is 4.99 Å². The number of piperazine rings is 1. The van der Waals surface area contributed by atoms with Crippen LogP contribution in [0, 0.1) is 17.1 Å². The second kappa shape index (κ2) is 26.3. The first kappa shape index (κ1) is 59.3. The van der Waals surface area contributed by atoms with Crippen LogP contribution in [0.5, 0.6) is 17.2 Å². The number of ether oxygens (including phenoxy) is 5. The minimum absolute atomic E-state index is 0.00874. The fourth-order valence-corrected chi connectivity index (χ4v) is 10.5. The maximum Gasteiger partial charge on any atom is 0.326 e. The molecule has 2 aromatic heterocycles. The second-order valence-corrected chi connectivity index (χ2v) is 21.4. The van der Waals surface area contributed by atoms with Crippen LogP contribution in [0.25, 0.3) is 11.1 Å². The van der Waals surface area contributed by atoms with Gasteiger partial charge in [0.05, 0.1) is 76.5 Å². The van der Waals surface area contributed by atoms with E-state index in [2.05, 4.69) is 16.2 Å². The van der Waals surface area contributed by atoms with Crippen molar-refractivity contribution in [1.29, 1.82) is 5.26 Å². The standard InChI is InChI=1S/C60H64Cl2FN11O9/c1-36(2)82-50-31-44(79-6)16-18-46(50)58-67-55(38-7-11-41(61)12-8-38)56(39-9-13-42(62)14-10-39)74(58)60(78)72-22-21-71(53(76)35-72)24-26-81-28-27-80-25-19-52(75)69(4)20-23-73-49-34-70(5)59(77)45-17-15-43(63)30-47(45)37(3)83-51-29-40(33-66-57(51)65)54(49)48(32-64)68-73/h7-18,29-31,33,36-37,55-56H,19-28,34-35H2,1-6H3,(H2,65,66)/t37-,55-,56+/m1/s1. The zero-order valence-electron chi connectivity index (χ0n) is 46.9. The number of anilines is 1. The van der Waals surface area contributed by atoms with Crippen LogP contribution in [0.2, 0.25) is 10.0 Å². The summed E-state index contributed by atoms with van der Waals surface area (Å²) in [7, 11) is 4.82. The van der Waals surface area contributed by atoms with Gasteiger partial charge in [-0.2, -0.15) is 10.4 Å². The number of methoxy groups -OCH3 is 1. The number of aliphatic imine (C=N–C) groups is 1. The SMILES string of the molecule is COc1ccc(C2=N[C@H](c3ccc(Cl)cc3)[C@H](c3ccc(Cl)cc3)N2C(=O)N2CCN(CCOCCOCCC(=O)N(C)CCn3nc(C#N)c4c3CN(C)C(=O)c3ccc(F)cc3[C@@H](C)Oc3cc-4cnc3N)C(=O)C2)c(OC(C)C)c1. The number of halogens is 3. The van der Waals surface area contributed by atoms with Gasteiger partial charge in [0.1, 0.15) is 47.9 Å². The Kier molecular flexibility index (Phi) is 18.8. The average Bonchev–Trinajstić information content (AvgIpc) is 2.61. The van der Waals surface area contributed by atoms with Crippen molar-refractivity contribution >= 4 is 58.6 Å². The Morgan fingerprint density at radius 3 is 2.29 bits per heavy atom. The van der Waals surface area contributed by atoms with E-state index in [1.807, 2.05) is 44.2 Å². The number of nitrogen functional groups attached to an aromatic ring is 1. The van der Waals surface area contributed by atoms with Crippen LogP contribution in [-0.4, -0.2) is 155 Å². The molecule has 1 fully saturated rings. The summed E-state index contributed by atoms with van der Waals surface area (Å²) in [4.78, 5) is 73.6. The number of benzene rings is 4. The van der Waals surface area contributed by atoms with E-state index in [0.29, 0.717) is 55.3 Å². The van der Waals surface area contributed by atoms with Gasteiger partial charge in [-0.3, -0.25) is 29.0 Å². The molecular formula is C60H64Cl2FN11O9. The summed E-state index contributed by atoms with van der Waals surface area (Å²) in [6.45, 7) is 7.27. The summed E-state index contributed by atoms with van der Waals surface area (Å²) >= 11 is 12.7. The van der Waals surface area contributed by atoms with E-state index in [4.69, 9.17) is 57.6 Å². The maximum atomic E-state index is 15.1. The molecule has 0 radical (unpaired) electrons. The van der Waals surface area contributed by atoms with Crippen LogP contribution in [-0.2, 0) is 32.2 Å². The van der Waals surface area contributed by atoms with Crippen molar-refractivity contribution in [2.45, 2.75) is 64.6 Å². The number of hydrogen-bond acceptors (Lipinski definition) is 14. The van der Waals surface area contributed by atoms with Crippen LogP contribution in [0.1, 0.15) is 89.4 Å². The molecule has 83 heavy (non-hydrogen) atoms. The molecular weight excluding hydrogens is 1110 g/mol. The molecule has 4 aromatic carbocycles. The molecule has 0 spiro atoms. The Morgan fingerprint density at radius 2 is 1.60 bits per heavy atom. The summed E-state index contributed by atoms with van der Waals surface area (Å²) in [5.41, 5.74) is 10.4. The highest BCUT2D eigenvalue weighted by molar-refractivity contribution is 6.30. The third-order valence-electron chi connectivity index (χ3n) is 14.5. The number of fused-ring (bicyclic) bond motifs is 5. The lowest BCUT2D eigenvalue weighted by molar-refractivity contribution is -0.135. The van der Waals surface area contributed by atoms with Crippen LogP contribution in [0.4, 0.5) is 15.0 Å². The Balaban J connectivity index is 0.776. The average molecular weight is 1170 g/mol. The Morgan fingerprint density at radius 1 is 0.904 bits per heavy atom. The van der Waals surface area contributed by atoms with E-state index in [1.165, 1.54) is 34.2 Å². The van der Waals surface area contributed by atoms with Crippen LogP contribution in [0.3, 0.4) is 0 Å². The first-order valence-electron chi connectivity index (χ1n) is 27.1. The fraction of sp³-hybridized carbons (Fsp3) is 0.367. The molecule has 3 aliphatic heterocycles. The van der Waals surface area contributed by atoms with Gasteiger partial charge in [-0.1, -0.05) is 47.5 Å². The summed E-state index contributed by atoms with van der Waals surface area (Å²) in [5.74, 6) is 0.275. The van der Waals surface area contributed by atoms with Gasteiger partial charge in [-0.15, -0.1) is 0 Å². The normalized spacial score (nSPS) is 17.0. The molecule has 5 heterocycles. The predicted molar refractivity (Wildman–Crippen MR) is 309 cm³/mol. The summed E-state index contributed by atoms with van der Waals surface area (Å²) < 4.78 is 45.8. The molecule has 23 heteroatoms. The molecule has 2 bridgehead atoms. The highest BCUT2D eigenvalue weighted by Crippen LogP contribution is 2.46. The maximum absolute atomic E-state index is 15.1. The second-order valence-electron chi connectivity index (χ2n) is 20.5. The Bertz CT molecular complexity index is 3450. The number of carbonyl (C=O) groups is 4. The number of carbonyl (C=O) groups excluding carboxylic acids is 4. The van der Waals surface area contributed by atoms with E-state index >= 15 is 4.79 Å². The molecule has 3 atom stereocenters. The number of nitrogens with zero attached hydrogens (tertiary/aromatic N) is 10. The monoisotopic (exact) mass is 1170 g/mol. The van der Waals surface area contributed by atoms with Gasteiger partial charge < -0.3 is 49.0 Å². The largest absolute Gasteiger partial charge is 0.497 e. The van der Waals surface area contributed by atoms with Gasteiger partial charge in [0.2, 0.25) is 11.8 Å².